The first-order chi connectivity index (χ1) is 11.6. The van der Waals surface area contributed by atoms with Gasteiger partial charge in [0.2, 0.25) is 5.91 Å². The Morgan fingerprint density at radius 3 is 2.24 bits per heavy atom. The second kappa shape index (κ2) is 8.24. The number of rotatable bonds is 6. The Morgan fingerprint density at radius 2 is 1.72 bits per heavy atom. The first-order valence-corrected chi connectivity index (χ1v) is 10.7. The number of carbonyl (C=O) groups is 1. The summed E-state index contributed by atoms with van der Waals surface area (Å²) in [5, 5.41) is 0. The molecule has 0 radical (unpaired) electrons. The van der Waals surface area contributed by atoms with Gasteiger partial charge in [0.15, 0.2) is 9.84 Å². The minimum absolute atomic E-state index is 0.00978. The maximum absolute atomic E-state index is 12.8. The van der Waals surface area contributed by atoms with Crippen LogP contribution in [-0.2, 0) is 14.6 Å². The predicted molar refractivity (Wildman–Crippen MR) is 88.9 cm³/mol. The van der Waals surface area contributed by atoms with Crippen molar-refractivity contribution in [3.63, 3.8) is 0 Å². The van der Waals surface area contributed by atoms with E-state index in [0.717, 1.165) is 32.1 Å². The molecule has 2 rings (SSSR count). The molecular weight excluding hydrogens is 357 g/mol. The SMILES string of the molecule is CN(CCC(F)(F)F)CC(=O)N(C1CCCCC1)C1CCS(=O)(=O)C1. The third-order valence-corrected chi connectivity index (χ3v) is 6.79. The van der Waals surface area contributed by atoms with Gasteiger partial charge in [-0.15, -0.1) is 0 Å². The van der Waals surface area contributed by atoms with E-state index >= 15 is 0 Å². The van der Waals surface area contributed by atoms with Gasteiger partial charge in [-0.2, -0.15) is 13.2 Å². The van der Waals surface area contributed by atoms with Crippen LogP contribution in [0, 0.1) is 0 Å². The van der Waals surface area contributed by atoms with Crippen LogP contribution in [0.5, 0.6) is 0 Å². The summed E-state index contributed by atoms with van der Waals surface area (Å²) in [4.78, 5) is 15.8. The van der Waals surface area contributed by atoms with Crippen molar-refractivity contribution in [3.8, 4) is 0 Å². The molecule has 2 fully saturated rings. The number of amides is 1. The molecule has 0 spiro atoms. The van der Waals surface area contributed by atoms with Crippen molar-refractivity contribution in [2.24, 2.45) is 0 Å². The predicted octanol–water partition coefficient (Wildman–Crippen LogP) is 2.22. The van der Waals surface area contributed by atoms with Gasteiger partial charge in [-0.1, -0.05) is 19.3 Å². The summed E-state index contributed by atoms with van der Waals surface area (Å²) >= 11 is 0. The Labute approximate surface area is 147 Å². The maximum Gasteiger partial charge on any atom is 0.390 e. The zero-order chi connectivity index (χ0) is 18.7. The van der Waals surface area contributed by atoms with Gasteiger partial charge in [0.1, 0.15) is 0 Å². The lowest BCUT2D eigenvalue weighted by Gasteiger charge is -2.39. The lowest BCUT2D eigenvalue weighted by molar-refractivity contribution is -0.143. The summed E-state index contributed by atoms with van der Waals surface area (Å²) in [6.45, 7) is -0.347. The van der Waals surface area contributed by atoms with Crippen molar-refractivity contribution >= 4 is 15.7 Å². The van der Waals surface area contributed by atoms with Gasteiger partial charge in [-0.05, 0) is 26.3 Å². The summed E-state index contributed by atoms with van der Waals surface area (Å²) in [5.74, 6) is -0.196. The molecule has 146 valence electrons. The fourth-order valence-corrected chi connectivity index (χ4v) is 5.48. The van der Waals surface area contributed by atoms with Gasteiger partial charge in [0.25, 0.3) is 0 Å². The Balaban J connectivity index is 2.02. The smallest absolute Gasteiger partial charge is 0.335 e. The van der Waals surface area contributed by atoms with Gasteiger partial charge in [-0.25, -0.2) is 8.42 Å². The number of carbonyl (C=O) groups excluding carboxylic acids is 1. The third-order valence-electron chi connectivity index (χ3n) is 5.04. The normalized spacial score (nSPS) is 24.6. The molecular formula is C16H27F3N2O3S. The lowest BCUT2D eigenvalue weighted by Crippen LogP contribution is -2.51. The molecule has 1 saturated heterocycles. The first kappa shape index (κ1) is 20.5. The van der Waals surface area contributed by atoms with Crippen molar-refractivity contribution in [2.45, 2.75) is 63.2 Å². The molecule has 1 heterocycles. The molecule has 0 bridgehead atoms. The molecule has 1 amide bonds. The molecule has 0 N–H and O–H groups in total. The molecule has 1 aliphatic carbocycles. The van der Waals surface area contributed by atoms with Crippen LogP contribution in [0.3, 0.4) is 0 Å². The van der Waals surface area contributed by atoms with Crippen LogP contribution >= 0.6 is 0 Å². The second-order valence-corrected chi connectivity index (χ2v) is 9.48. The molecule has 1 atom stereocenters. The third kappa shape index (κ3) is 6.44. The molecule has 5 nitrogen and oxygen atoms in total. The number of likely N-dealkylation sites (N-methyl/N-ethyl adjacent to an activating group) is 1. The Bertz CT molecular complexity index is 559. The topological polar surface area (TPSA) is 57.7 Å². The summed E-state index contributed by atoms with van der Waals surface area (Å²) in [5.41, 5.74) is 0. The molecule has 0 aromatic rings. The summed E-state index contributed by atoms with van der Waals surface area (Å²) in [6, 6.07) is -0.327. The monoisotopic (exact) mass is 384 g/mol. The lowest BCUT2D eigenvalue weighted by atomic mass is 9.93. The van der Waals surface area contributed by atoms with Gasteiger partial charge in [0.05, 0.1) is 24.5 Å². The zero-order valence-corrected chi connectivity index (χ0v) is 15.4. The molecule has 1 aliphatic heterocycles. The molecule has 1 saturated carbocycles. The second-order valence-electron chi connectivity index (χ2n) is 7.25. The number of hydrogen-bond acceptors (Lipinski definition) is 4. The van der Waals surface area contributed by atoms with Gasteiger partial charge < -0.3 is 4.90 Å². The average molecular weight is 384 g/mol. The molecule has 1 unspecified atom stereocenters. The van der Waals surface area contributed by atoms with Crippen molar-refractivity contribution < 1.29 is 26.4 Å². The minimum atomic E-state index is -4.25. The van der Waals surface area contributed by atoms with E-state index in [4.69, 9.17) is 0 Å². The van der Waals surface area contributed by atoms with Gasteiger partial charge in [-0.3, -0.25) is 9.69 Å². The number of nitrogens with zero attached hydrogens (tertiary/aromatic N) is 2. The Morgan fingerprint density at radius 1 is 1.08 bits per heavy atom. The van der Waals surface area contributed by atoms with E-state index in [9.17, 15) is 26.4 Å². The zero-order valence-electron chi connectivity index (χ0n) is 14.6. The van der Waals surface area contributed by atoms with Crippen molar-refractivity contribution in [3.05, 3.63) is 0 Å². The van der Waals surface area contributed by atoms with E-state index in [2.05, 4.69) is 0 Å². The molecule has 25 heavy (non-hydrogen) atoms. The Kier molecular flexibility index (Phi) is 6.75. The van der Waals surface area contributed by atoms with E-state index in [1.807, 2.05) is 0 Å². The summed E-state index contributed by atoms with van der Waals surface area (Å²) < 4.78 is 60.7. The van der Waals surface area contributed by atoms with E-state index in [1.54, 1.807) is 4.90 Å². The standard InChI is InChI=1S/C16H27F3N2O3S/c1-20(9-8-16(17,18)19)11-15(22)21(13-5-3-2-4-6-13)14-7-10-25(23,24)12-14/h13-14H,2-12H2,1H3. The number of alkyl halides is 3. The van der Waals surface area contributed by atoms with Crippen LogP contribution in [0.4, 0.5) is 13.2 Å². The van der Waals surface area contributed by atoms with E-state index in [-0.39, 0.29) is 42.6 Å². The largest absolute Gasteiger partial charge is 0.390 e. The fraction of sp³-hybridized carbons (Fsp3) is 0.938. The van der Waals surface area contributed by atoms with E-state index in [1.165, 1.54) is 11.9 Å². The number of halogens is 3. The summed E-state index contributed by atoms with van der Waals surface area (Å²) in [6.07, 6.45) is 0.000493. The summed E-state index contributed by atoms with van der Waals surface area (Å²) in [7, 11) is -1.63. The Hall–Kier alpha value is -0.830. The highest BCUT2D eigenvalue weighted by Crippen LogP contribution is 2.28. The van der Waals surface area contributed by atoms with Crippen LogP contribution in [0.15, 0.2) is 0 Å². The van der Waals surface area contributed by atoms with Crippen LogP contribution < -0.4 is 0 Å². The maximum atomic E-state index is 12.8. The van der Waals surface area contributed by atoms with Crippen LogP contribution in [-0.4, -0.2) is 74.0 Å². The van der Waals surface area contributed by atoms with Crippen molar-refractivity contribution in [2.75, 3.05) is 31.6 Å². The van der Waals surface area contributed by atoms with Crippen LogP contribution in [0.25, 0.3) is 0 Å². The van der Waals surface area contributed by atoms with Crippen molar-refractivity contribution in [1.29, 1.82) is 0 Å². The highest BCUT2D eigenvalue weighted by Gasteiger charge is 2.38. The van der Waals surface area contributed by atoms with E-state index in [0.29, 0.717) is 6.42 Å². The molecule has 2 aliphatic rings. The highest BCUT2D eigenvalue weighted by molar-refractivity contribution is 7.91. The average Bonchev–Trinajstić information content (AvgIpc) is 2.85. The minimum Gasteiger partial charge on any atom is -0.335 e. The molecule has 0 aromatic carbocycles. The fourth-order valence-electron chi connectivity index (χ4n) is 3.77. The molecule has 0 aromatic heterocycles. The number of sulfone groups is 1. The van der Waals surface area contributed by atoms with Crippen molar-refractivity contribution in [1.82, 2.24) is 9.80 Å². The quantitative estimate of drug-likeness (QED) is 0.705. The molecule has 9 heteroatoms. The first-order valence-electron chi connectivity index (χ1n) is 8.84. The highest BCUT2D eigenvalue weighted by atomic mass is 32.2. The van der Waals surface area contributed by atoms with Gasteiger partial charge in [0, 0.05) is 18.6 Å². The van der Waals surface area contributed by atoms with E-state index < -0.39 is 22.4 Å². The van der Waals surface area contributed by atoms with Crippen LogP contribution in [0.2, 0.25) is 0 Å². The van der Waals surface area contributed by atoms with Crippen LogP contribution in [0.1, 0.15) is 44.9 Å². The van der Waals surface area contributed by atoms with Gasteiger partial charge >= 0.3 is 6.18 Å². The number of hydrogen-bond donors (Lipinski definition) is 0.